The quantitative estimate of drug-likeness (QED) is 0.773. The molecule has 0 atom stereocenters. The number of rotatable bonds is 5. The highest BCUT2D eigenvalue weighted by atomic mass is 32.2. The van der Waals surface area contributed by atoms with E-state index < -0.39 is 10.0 Å². The van der Waals surface area contributed by atoms with Crippen molar-refractivity contribution in [1.82, 2.24) is 4.90 Å². The molecule has 3 N–H and O–H groups in total. The average molecular weight is 422 g/mol. The fourth-order valence-electron chi connectivity index (χ4n) is 3.37. The Morgan fingerprint density at radius 3 is 2.39 bits per heavy atom. The third kappa shape index (κ3) is 4.20. The van der Waals surface area contributed by atoms with Gasteiger partial charge in [-0.3, -0.25) is 14.3 Å². The topological polar surface area (TPSA) is 110 Å². The Bertz CT molecular complexity index is 1010. The number of carbonyl (C=O) groups excluding carboxylic acids is 2. The minimum absolute atomic E-state index is 0.220. The fraction of sp³-hybridized carbons (Fsp3) is 0.368. The van der Waals surface area contributed by atoms with Gasteiger partial charge in [-0.2, -0.15) is 0 Å². The first-order chi connectivity index (χ1) is 13.2. The van der Waals surface area contributed by atoms with Crippen LogP contribution in [0.25, 0.3) is 0 Å². The van der Waals surface area contributed by atoms with Crippen molar-refractivity contribution in [2.45, 2.75) is 31.6 Å². The van der Waals surface area contributed by atoms with E-state index in [4.69, 9.17) is 5.73 Å². The normalized spacial score (nSPS) is 15.4. The van der Waals surface area contributed by atoms with Crippen molar-refractivity contribution in [2.24, 2.45) is 11.7 Å². The molecular formula is C19H23N3O4S2. The Labute approximate surface area is 168 Å². The number of likely N-dealkylation sites (tertiary alicyclic amines) is 1. The van der Waals surface area contributed by atoms with Crippen LogP contribution in [0.1, 0.15) is 33.0 Å². The molecule has 0 radical (unpaired) electrons. The summed E-state index contributed by atoms with van der Waals surface area (Å²) in [7, 11) is -3.80. The van der Waals surface area contributed by atoms with Gasteiger partial charge in [-0.15, -0.1) is 11.3 Å². The number of piperidine rings is 1. The van der Waals surface area contributed by atoms with Gasteiger partial charge in [0.05, 0.1) is 11.3 Å². The first-order valence-corrected chi connectivity index (χ1v) is 11.3. The molecule has 7 nitrogen and oxygen atoms in total. The number of thiophene rings is 1. The van der Waals surface area contributed by atoms with Gasteiger partial charge in [-0.05, 0) is 44.9 Å². The number of nitrogens with two attached hydrogens (primary N) is 1. The third-order valence-corrected chi connectivity index (χ3v) is 7.46. The number of nitrogens with zero attached hydrogens (tertiary/aromatic N) is 1. The molecule has 9 heteroatoms. The van der Waals surface area contributed by atoms with Gasteiger partial charge in [0, 0.05) is 28.8 Å². The lowest BCUT2D eigenvalue weighted by atomic mass is 9.96. The second-order valence-electron chi connectivity index (χ2n) is 6.90. The first-order valence-electron chi connectivity index (χ1n) is 8.96. The van der Waals surface area contributed by atoms with E-state index >= 15 is 0 Å². The van der Waals surface area contributed by atoms with Crippen LogP contribution in [0.15, 0.2) is 35.2 Å². The van der Waals surface area contributed by atoms with Crippen molar-refractivity contribution in [3.63, 3.8) is 0 Å². The largest absolute Gasteiger partial charge is 0.369 e. The van der Waals surface area contributed by atoms with Gasteiger partial charge in [-0.1, -0.05) is 12.1 Å². The van der Waals surface area contributed by atoms with Crippen LogP contribution in [0.2, 0.25) is 0 Å². The second kappa shape index (κ2) is 7.92. The maximum absolute atomic E-state index is 13.0. The molecule has 2 heterocycles. The standard InChI is InChI=1S/C19H23N3O4S2/c1-12-11-17(13(2)27-12)28(25,26)21-16-6-4-3-5-15(16)19(24)22-9-7-14(8-10-22)18(20)23/h3-6,11,14,21H,7-10H2,1-2H3,(H2,20,23). The monoisotopic (exact) mass is 421 g/mol. The van der Waals surface area contributed by atoms with Crippen LogP contribution in [0.3, 0.4) is 0 Å². The number of sulfonamides is 1. The Balaban J connectivity index is 1.83. The van der Waals surface area contributed by atoms with Gasteiger partial charge in [0.2, 0.25) is 5.91 Å². The highest BCUT2D eigenvalue weighted by Crippen LogP contribution is 2.28. The van der Waals surface area contributed by atoms with Crippen molar-refractivity contribution in [1.29, 1.82) is 0 Å². The molecule has 2 aromatic rings. The fourth-order valence-corrected chi connectivity index (χ4v) is 6.01. The van der Waals surface area contributed by atoms with Crippen LogP contribution in [0, 0.1) is 19.8 Å². The molecule has 1 aliphatic rings. The number of primary amides is 1. The zero-order chi connectivity index (χ0) is 20.5. The summed E-state index contributed by atoms with van der Waals surface area (Å²) in [5, 5.41) is 0. The van der Waals surface area contributed by atoms with Gasteiger partial charge in [0.1, 0.15) is 4.90 Å². The Kier molecular flexibility index (Phi) is 5.76. The molecule has 1 fully saturated rings. The molecule has 28 heavy (non-hydrogen) atoms. The lowest BCUT2D eigenvalue weighted by molar-refractivity contribution is -0.123. The Morgan fingerprint density at radius 1 is 1.18 bits per heavy atom. The summed E-state index contributed by atoms with van der Waals surface area (Å²) in [6.45, 7) is 4.43. The van der Waals surface area contributed by atoms with Gasteiger partial charge in [-0.25, -0.2) is 8.42 Å². The number of benzene rings is 1. The summed E-state index contributed by atoms with van der Waals surface area (Å²) in [4.78, 5) is 27.7. The minimum Gasteiger partial charge on any atom is -0.369 e. The molecule has 1 saturated heterocycles. The van der Waals surface area contributed by atoms with Gasteiger partial charge < -0.3 is 10.6 Å². The van der Waals surface area contributed by atoms with Crippen LogP contribution in [-0.4, -0.2) is 38.2 Å². The Hall–Kier alpha value is -2.39. The van der Waals surface area contributed by atoms with E-state index in [1.54, 1.807) is 42.2 Å². The summed E-state index contributed by atoms with van der Waals surface area (Å²) < 4.78 is 28.2. The number of aryl methyl sites for hydroxylation is 2. The zero-order valence-electron chi connectivity index (χ0n) is 15.8. The summed E-state index contributed by atoms with van der Waals surface area (Å²) >= 11 is 1.41. The summed E-state index contributed by atoms with van der Waals surface area (Å²) in [5.41, 5.74) is 5.87. The van der Waals surface area contributed by atoms with Crippen molar-refractivity contribution < 1.29 is 18.0 Å². The maximum atomic E-state index is 13.0. The number of hydrogen-bond donors (Lipinski definition) is 2. The van der Waals surface area contributed by atoms with Crippen molar-refractivity contribution >= 4 is 38.9 Å². The molecule has 0 spiro atoms. The SMILES string of the molecule is Cc1cc(S(=O)(=O)Nc2ccccc2C(=O)N2CCC(C(N)=O)CC2)c(C)s1. The molecule has 0 aliphatic carbocycles. The Morgan fingerprint density at radius 2 is 1.82 bits per heavy atom. The molecule has 1 aromatic heterocycles. The van der Waals surface area contributed by atoms with Crippen LogP contribution < -0.4 is 10.5 Å². The van der Waals surface area contributed by atoms with Crippen LogP contribution in [0.5, 0.6) is 0 Å². The molecule has 0 bridgehead atoms. The number of para-hydroxylation sites is 1. The minimum atomic E-state index is -3.80. The maximum Gasteiger partial charge on any atom is 0.263 e. The van der Waals surface area contributed by atoms with E-state index in [0.29, 0.717) is 30.8 Å². The van der Waals surface area contributed by atoms with E-state index in [1.807, 2.05) is 6.92 Å². The molecule has 0 unspecified atom stereocenters. The van der Waals surface area contributed by atoms with Crippen LogP contribution in [0.4, 0.5) is 5.69 Å². The number of nitrogens with one attached hydrogen (secondary N) is 1. The number of hydrogen-bond acceptors (Lipinski definition) is 5. The molecule has 2 amide bonds. The highest BCUT2D eigenvalue weighted by molar-refractivity contribution is 7.93. The van der Waals surface area contributed by atoms with Crippen molar-refractivity contribution in [2.75, 3.05) is 17.8 Å². The second-order valence-corrected chi connectivity index (χ2v) is 10.0. The van der Waals surface area contributed by atoms with E-state index in [2.05, 4.69) is 4.72 Å². The predicted molar refractivity (Wildman–Crippen MR) is 109 cm³/mol. The summed E-state index contributed by atoms with van der Waals surface area (Å²) in [6, 6.07) is 8.18. The number of amides is 2. The van der Waals surface area contributed by atoms with Crippen LogP contribution in [-0.2, 0) is 14.8 Å². The lowest BCUT2D eigenvalue weighted by Crippen LogP contribution is -2.42. The lowest BCUT2D eigenvalue weighted by Gasteiger charge is -2.31. The highest BCUT2D eigenvalue weighted by Gasteiger charge is 2.28. The molecular weight excluding hydrogens is 398 g/mol. The predicted octanol–water partition coefficient (Wildman–Crippen LogP) is 2.50. The van der Waals surface area contributed by atoms with Gasteiger partial charge in [0.25, 0.3) is 15.9 Å². The third-order valence-electron chi connectivity index (χ3n) is 4.87. The average Bonchev–Trinajstić information content (AvgIpc) is 3.00. The number of anilines is 1. The summed E-state index contributed by atoms with van der Waals surface area (Å²) in [5.74, 6) is -0.830. The van der Waals surface area contributed by atoms with E-state index in [9.17, 15) is 18.0 Å². The van der Waals surface area contributed by atoms with E-state index in [-0.39, 0.29) is 33.9 Å². The van der Waals surface area contributed by atoms with Gasteiger partial charge in [0.15, 0.2) is 0 Å². The summed E-state index contributed by atoms with van der Waals surface area (Å²) in [6.07, 6.45) is 1.03. The molecule has 1 aromatic carbocycles. The van der Waals surface area contributed by atoms with E-state index in [1.165, 1.54) is 11.3 Å². The van der Waals surface area contributed by atoms with E-state index in [0.717, 1.165) is 4.88 Å². The molecule has 0 saturated carbocycles. The molecule has 3 rings (SSSR count). The van der Waals surface area contributed by atoms with Crippen molar-refractivity contribution in [3.05, 3.63) is 45.6 Å². The molecule has 150 valence electrons. The van der Waals surface area contributed by atoms with Crippen molar-refractivity contribution in [3.8, 4) is 0 Å². The zero-order valence-corrected chi connectivity index (χ0v) is 17.4. The smallest absolute Gasteiger partial charge is 0.263 e. The number of carbonyl (C=O) groups is 2. The van der Waals surface area contributed by atoms with Crippen LogP contribution >= 0.6 is 11.3 Å². The first kappa shape index (κ1) is 20.3. The molecule has 1 aliphatic heterocycles. The van der Waals surface area contributed by atoms with Gasteiger partial charge >= 0.3 is 0 Å².